The Kier molecular flexibility index (Phi) is 5.02. The van der Waals surface area contributed by atoms with Crippen LogP contribution in [0.5, 0.6) is 0 Å². The fourth-order valence-corrected chi connectivity index (χ4v) is 4.69. The molecule has 0 aliphatic heterocycles. The van der Waals surface area contributed by atoms with Gasteiger partial charge in [-0.3, -0.25) is 0 Å². The van der Waals surface area contributed by atoms with E-state index in [9.17, 15) is 14.7 Å². The Hall–Kier alpha value is -2.38. The maximum Gasteiger partial charge on any atom is 0.426 e. The minimum atomic E-state index is -0.884. The molecule has 1 heterocycles. The van der Waals surface area contributed by atoms with Crippen molar-refractivity contribution in [1.82, 2.24) is 5.32 Å². The third-order valence-electron chi connectivity index (χ3n) is 4.72. The third-order valence-corrected chi connectivity index (χ3v) is 6.06. The molecule has 26 heavy (non-hydrogen) atoms. The molecule has 0 atom stereocenters. The van der Waals surface area contributed by atoms with Crippen LogP contribution in [0.4, 0.5) is 4.79 Å². The molecule has 0 unspecified atom stereocenters. The Morgan fingerprint density at radius 1 is 1.38 bits per heavy atom. The number of hydrogen-bond donors (Lipinski definition) is 3. The molecular weight excluding hydrogens is 352 g/mol. The number of carboxylic acid groups (broad SMARTS) is 1. The van der Waals surface area contributed by atoms with Crippen LogP contribution < -0.4 is 11.2 Å². The average Bonchev–Trinajstić information content (AvgIpc) is 2.97. The normalized spacial score (nSPS) is 15.2. The Morgan fingerprint density at radius 2 is 2.15 bits per heavy atom. The number of thiophene rings is 1. The number of rotatable bonds is 4. The number of benzene rings is 1. The fraction of sp³-hybridized carbons (Fsp3) is 0.368. The molecule has 4 N–H and O–H groups in total. The summed E-state index contributed by atoms with van der Waals surface area (Å²) in [5.41, 5.74) is 3.20. The first-order chi connectivity index (χ1) is 12.3. The Morgan fingerprint density at radius 3 is 2.85 bits per heavy atom. The molecule has 0 saturated carbocycles. The van der Waals surface area contributed by atoms with Crippen LogP contribution in [-0.2, 0) is 24.2 Å². The van der Waals surface area contributed by atoms with Gasteiger partial charge >= 0.3 is 12.1 Å². The molecular formula is C19H22N2O4S. The number of nitrogens with one attached hydrogen (secondary N) is 1. The molecule has 1 aliphatic carbocycles. The van der Waals surface area contributed by atoms with Gasteiger partial charge in [0.05, 0.1) is 5.56 Å². The number of carbonyl (C=O) groups excluding carboxylic acids is 1. The van der Waals surface area contributed by atoms with Crippen molar-refractivity contribution in [3.05, 3.63) is 45.8 Å². The summed E-state index contributed by atoms with van der Waals surface area (Å²) in [6.07, 6.45) is 2.04. The Balaban J connectivity index is 1.98. The zero-order valence-corrected chi connectivity index (χ0v) is 15.6. The SMILES string of the molecule is CC1(C)CCc2sc(-c3cccc(CNC(=O)ON)c3)c(C(=O)O)c2C1. The number of hydrogen-bond acceptors (Lipinski definition) is 5. The second-order valence-corrected chi connectivity index (χ2v) is 8.42. The van der Waals surface area contributed by atoms with Crippen molar-refractivity contribution in [2.75, 3.05) is 0 Å². The van der Waals surface area contributed by atoms with Crippen molar-refractivity contribution >= 4 is 23.4 Å². The van der Waals surface area contributed by atoms with Crippen LogP contribution in [0, 0.1) is 5.41 Å². The van der Waals surface area contributed by atoms with Gasteiger partial charge in [0.2, 0.25) is 0 Å². The fourth-order valence-electron chi connectivity index (χ4n) is 3.39. The van der Waals surface area contributed by atoms with Gasteiger partial charge in [-0.05, 0) is 47.4 Å². The number of fused-ring (bicyclic) bond motifs is 1. The minimum Gasteiger partial charge on any atom is -0.478 e. The first kappa shape index (κ1) is 18.4. The lowest BCUT2D eigenvalue weighted by atomic mass is 9.76. The van der Waals surface area contributed by atoms with Crippen LogP contribution in [-0.4, -0.2) is 17.2 Å². The summed E-state index contributed by atoms with van der Waals surface area (Å²) in [7, 11) is 0. The van der Waals surface area contributed by atoms with Crippen molar-refractivity contribution < 1.29 is 19.5 Å². The molecule has 138 valence electrons. The minimum absolute atomic E-state index is 0.115. The largest absolute Gasteiger partial charge is 0.478 e. The quantitative estimate of drug-likeness (QED) is 0.708. The zero-order valence-electron chi connectivity index (χ0n) is 14.8. The number of carbonyl (C=O) groups is 2. The maximum absolute atomic E-state index is 12.0. The summed E-state index contributed by atoms with van der Waals surface area (Å²) < 4.78 is 0. The van der Waals surface area contributed by atoms with Gasteiger partial charge in [-0.1, -0.05) is 32.0 Å². The summed E-state index contributed by atoms with van der Waals surface area (Å²) in [4.78, 5) is 29.2. The number of nitrogens with two attached hydrogens (primary N) is 1. The Bertz CT molecular complexity index is 857. The van der Waals surface area contributed by atoms with Crippen LogP contribution in [0.1, 0.15) is 46.6 Å². The standard InChI is InChI=1S/C19H22N2O4S/c1-19(2)7-6-14-13(9-19)15(17(22)23)16(26-14)12-5-3-4-11(8-12)10-21-18(24)25-20/h3-5,8H,6-7,9-10,20H2,1-2H3,(H,21,24)(H,22,23). The van der Waals surface area contributed by atoms with Crippen molar-refractivity contribution in [2.24, 2.45) is 11.3 Å². The van der Waals surface area contributed by atoms with Gasteiger partial charge in [-0.25, -0.2) is 9.59 Å². The first-order valence-electron chi connectivity index (χ1n) is 8.42. The topological polar surface area (TPSA) is 102 Å². The van der Waals surface area contributed by atoms with E-state index in [0.717, 1.165) is 40.8 Å². The predicted molar refractivity (Wildman–Crippen MR) is 100 cm³/mol. The van der Waals surface area contributed by atoms with Gasteiger partial charge in [-0.2, -0.15) is 5.90 Å². The summed E-state index contributed by atoms with van der Waals surface area (Å²) in [6.45, 7) is 4.62. The molecule has 1 aromatic heterocycles. The number of aromatic carboxylic acids is 1. The van der Waals surface area contributed by atoms with E-state index < -0.39 is 12.1 Å². The highest BCUT2D eigenvalue weighted by Crippen LogP contribution is 2.45. The van der Waals surface area contributed by atoms with Crippen molar-refractivity contribution in [3.63, 3.8) is 0 Å². The van der Waals surface area contributed by atoms with Gasteiger partial charge < -0.3 is 15.3 Å². The van der Waals surface area contributed by atoms with E-state index in [0.29, 0.717) is 5.56 Å². The van der Waals surface area contributed by atoms with E-state index in [4.69, 9.17) is 5.90 Å². The van der Waals surface area contributed by atoms with E-state index >= 15 is 0 Å². The highest BCUT2D eigenvalue weighted by molar-refractivity contribution is 7.16. The van der Waals surface area contributed by atoms with Crippen molar-refractivity contribution in [3.8, 4) is 10.4 Å². The molecule has 0 saturated heterocycles. The van der Waals surface area contributed by atoms with Gasteiger partial charge in [0, 0.05) is 16.3 Å². The van der Waals surface area contributed by atoms with E-state index in [-0.39, 0.29) is 12.0 Å². The predicted octanol–water partition coefficient (Wildman–Crippen LogP) is 3.73. The monoisotopic (exact) mass is 374 g/mol. The first-order valence-corrected chi connectivity index (χ1v) is 9.24. The second kappa shape index (κ2) is 7.09. The molecule has 1 aliphatic rings. The van der Waals surface area contributed by atoms with Crippen LogP contribution in [0.25, 0.3) is 10.4 Å². The number of aryl methyl sites for hydroxylation is 1. The van der Waals surface area contributed by atoms with Crippen molar-refractivity contribution in [2.45, 2.75) is 39.7 Å². The molecule has 0 fully saturated rings. The van der Waals surface area contributed by atoms with Crippen LogP contribution in [0.3, 0.4) is 0 Å². The molecule has 1 aromatic carbocycles. The third kappa shape index (κ3) is 3.73. The van der Waals surface area contributed by atoms with Crippen LogP contribution in [0.2, 0.25) is 0 Å². The van der Waals surface area contributed by atoms with Crippen LogP contribution >= 0.6 is 11.3 Å². The number of carboxylic acids is 1. The molecule has 0 radical (unpaired) electrons. The molecule has 7 heteroatoms. The van der Waals surface area contributed by atoms with Crippen LogP contribution in [0.15, 0.2) is 24.3 Å². The van der Waals surface area contributed by atoms with Gasteiger partial charge in [-0.15, -0.1) is 11.3 Å². The van der Waals surface area contributed by atoms with Crippen molar-refractivity contribution in [1.29, 1.82) is 0 Å². The lowest BCUT2D eigenvalue weighted by molar-refractivity contribution is 0.0696. The highest BCUT2D eigenvalue weighted by Gasteiger charge is 2.32. The average molecular weight is 374 g/mol. The molecule has 2 aromatic rings. The highest BCUT2D eigenvalue weighted by atomic mass is 32.1. The number of amides is 1. The Labute approximate surface area is 155 Å². The van der Waals surface area contributed by atoms with E-state index in [1.54, 1.807) is 11.3 Å². The molecule has 0 spiro atoms. The molecule has 1 amide bonds. The summed E-state index contributed by atoms with van der Waals surface area (Å²) in [5, 5.41) is 12.4. The lowest BCUT2D eigenvalue weighted by Gasteiger charge is -2.29. The lowest BCUT2D eigenvalue weighted by Crippen LogP contribution is -2.26. The van der Waals surface area contributed by atoms with E-state index in [1.807, 2.05) is 24.3 Å². The smallest absolute Gasteiger partial charge is 0.426 e. The van der Waals surface area contributed by atoms with Gasteiger partial charge in [0.1, 0.15) is 0 Å². The van der Waals surface area contributed by atoms with E-state index in [2.05, 4.69) is 24.0 Å². The summed E-state index contributed by atoms with van der Waals surface area (Å²) >= 11 is 1.57. The van der Waals surface area contributed by atoms with E-state index in [1.165, 1.54) is 4.88 Å². The van der Waals surface area contributed by atoms with Gasteiger partial charge in [0.25, 0.3) is 0 Å². The second-order valence-electron chi connectivity index (χ2n) is 7.31. The summed E-state index contributed by atoms with van der Waals surface area (Å²) in [6, 6.07) is 7.51. The van der Waals surface area contributed by atoms with Gasteiger partial charge in [0.15, 0.2) is 0 Å². The molecule has 3 rings (SSSR count). The maximum atomic E-state index is 12.0. The summed E-state index contributed by atoms with van der Waals surface area (Å²) in [5.74, 6) is 3.93. The zero-order chi connectivity index (χ0) is 18.9. The molecule has 6 nitrogen and oxygen atoms in total. The molecule has 0 bridgehead atoms.